The number of methoxy groups -OCH3 is 1. The number of rotatable bonds is 12. The third-order valence-electron chi connectivity index (χ3n) is 6.29. The first-order valence-electron chi connectivity index (χ1n) is 13.3. The van der Waals surface area contributed by atoms with Gasteiger partial charge < -0.3 is 18.9 Å². The molecule has 0 fully saturated rings. The molecule has 5 aromatic carbocycles. The number of hydrogen-bond donors (Lipinski definition) is 0. The highest BCUT2D eigenvalue weighted by atomic mass is 16.5. The average molecular weight is 529 g/mol. The van der Waals surface area contributed by atoms with Gasteiger partial charge in [0.15, 0.2) is 11.5 Å². The van der Waals surface area contributed by atoms with Gasteiger partial charge in [0.05, 0.1) is 7.11 Å². The van der Waals surface area contributed by atoms with Crippen LogP contribution in [0.15, 0.2) is 127 Å². The molecule has 0 saturated carbocycles. The van der Waals surface area contributed by atoms with Gasteiger partial charge in [-0.15, -0.1) is 0 Å². The molecule has 0 aliphatic carbocycles. The van der Waals surface area contributed by atoms with Gasteiger partial charge in [-0.1, -0.05) is 109 Å². The summed E-state index contributed by atoms with van der Waals surface area (Å²) < 4.78 is 23.9. The normalized spacial score (nSPS) is 10.8. The molecule has 40 heavy (non-hydrogen) atoms. The van der Waals surface area contributed by atoms with Gasteiger partial charge in [-0.3, -0.25) is 0 Å². The molecule has 0 N–H and O–H groups in total. The summed E-state index contributed by atoms with van der Waals surface area (Å²) in [6.45, 7) is 1.42. The largest absolute Gasteiger partial charge is 0.493 e. The van der Waals surface area contributed by atoms with Gasteiger partial charge in [-0.05, 0) is 52.1 Å². The topological polar surface area (TPSA) is 36.9 Å². The highest BCUT2D eigenvalue weighted by molar-refractivity contribution is 5.72. The molecular weight excluding hydrogens is 496 g/mol. The maximum absolute atomic E-state index is 6.15. The molecule has 0 heterocycles. The lowest BCUT2D eigenvalue weighted by Crippen LogP contribution is -1.98. The van der Waals surface area contributed by atoms with Gasteiger partial charge in [0.2, 0.25) is 0 Å². The van der Waals surface area contributed by atoms with Crippen molar-refractivity contribution in [2.75, 3.05) is 7.11 Å². The molecule has 0 amide bonds. The van der Waals surface area contributed by atoms with Crippen LogP contribution in [0, 0.1) is 0 Å². The van der Waals surface area contributed by atoms with Crippen LogP contribution in [0.5, 0.6) is 23.0 Å². The van der Waals surface area contributed by atoms with Gasteiger partial charge in [0.1, 0.15) is 31.3 Å². The lowest BCUT2D eigenvalue weighted by molar-refractivity contribution is 0.284. The van der Waals surface area contributed by atoms with Crippen molar-refractivity contribution in [2.24, 2.45) is 0 Å². The zero-order valence-corrected chi connectivity index (χ0v) is 22.5. The van der Waals surface area contributed by atoms with Crippen molar-refractivity contribution in [1.82, 2.24) is 0 Å². The molecule has 0 aliphatic rings. The summed E-state index contributed by atoms with van der Waals surface area (Å²) in [6, 6.07) is 42.2. The third-order valence-corrected chi connectivity index (χ3v) is 6.29. The van der Waals surface area contributed by atoms with E-state index in [1.165, 1.54) is 0 Å². The fourth-order valence-corrected chi connectivity index (χ4v) is 4.18. The molecular formula is C36H32O4. The molecule has 0 unspecified atom stereocenters. The first kappa shape index (κ1) is 26.6. The van der Waals surface area contributed by atoms with E-state index in [1.54, 1.807) is 7.11 Å². The van der Waals surface area contributed by atoms with Crippen molar-refractivity contribution < 1.29 is 18.9 Å². The van der Waals surface area contributed by atoms with Crippen LogP contribution in [0.2, 0.25) is 0 Å². The monoisotopic (exact) mass is 528 g/mol. The van der Waals surface area contributed by atoms with E-state index in [0.29, 0.717) is 31.3 Å². The van der Waals surface area contributed by atoms with E-state index in [0.717, 1.165) is 39.3 Å². The number of ether oxygens (including phenoxy) is 4. The van der Waals surface area contributed by atoms with E-state index in [2.05, 4.69) is 24.3 Å². The first-order chi connectivity index (χ1) is 19.7. The molecule has 0 spiro atoms. The second-order valence-electron chi connectivity index (χ2n) is 9.30. The molecule has 0 aliphatic heterocycles. The Kier molecular flexibility index (Phi) is 9.14. The predicted octanol–water partition coefficient (Wildman–Crippen LogP) is 8.60. The van der Waals surface area contributed by atoms with Crippen LogP contribution in [-0.4, -0.2) is 7.11 Å². The molecule has 4 heteroatoms. The van der Waals surface area contributed by atoms with Gasteiger partial charge >= 0.3 is 0 Å². The Morgan fingerprint density at radius 2 is 0.925 bits per heavy atom. The van der Waals surface area contributed by atoms with Crippen molar-refractivity contribution >= 4 is 12.2 Å². The summed E-state index contributed by atoms with van der Waals surface area (Å²) in [5.74, 6) is 2.88. The summed E-state index contributed by atoms with van der Waals surface area (Å²) in [4.78, 5) is 0. The summed E-state index contributed by atoms with van der Waals surface area (Å²) in [5, 5.41) is 0. The molecule has 0 aromatic heterocycles. The molecule has 5 rings (SSSR count). The zero-order chi connectivity index (χ0) is 27.4. The molecule has 5 aromatic rings. The van der Waals surface area contributed by atoms with Crippen molar-refractivity contribution in [3.8, 4) is 23.0 Å². The zero-order valence-electron chi connectivity index (χ0n) is 22.5. The van der Waals surface area contributed by atoms with Crippen molar-refractivity contribution in [3.63, 3.8) is 0 Å². The van der Waals surface area contributed by atoms with Crippen molar-refractivity contribution in [2.45, 2.75) is 19.8 Å². The van der Waals surface area contributed by atoms with Crippen LogP contribution in [-0.2, 0) is 19.8 Å². The van der Waals surface area contributed by atoms with Crippen LogP contribution in [0.3, 0.4) is 0 Å². The Balaban J connectivity index is 1.34. The second-order valence-corrected chi connectivity index (χ2v) is 9.30. The van der Waals surface area contributed by atoms with Crippen LogP contribution < -0.4 is 18.9 Å². The van der Waals surface area contributed by atoms with Gasteiger partial charge in [-0.25, -0.2) is 0 Å². The van der Waals surface area contributed by atoms with Gasteiger partial charge in [0.25, 0.3) is 0 Å². The van der Waals surface area contributed by atoms with Crippen LogP contribution >= 0.6 is 0 Å². The maximum Gasteiger partial charge on any atom is 0.162 e. The molecule has 200 valence electrons. The number of benzene rings is 5. The van der Waals surface area contributed by atoms with E-state index < -0.39 is 0 Å². The third kappa shape index (κ3) is 7.78. The highest BCUT2D eigenvalue weighted by Crippen LogP contribution is 2.31. The average Bonchev–Trinajstić information content (AvgIpc) is 3.02. The molecule has 4 nitrogen and oxygen atoms in total. The van der Waals surface area contributed by atoms with Crippen LogP contribution in [0.25, 0.3) is 12.2 Å². The number of hydrogen-bond acceptors (Lipinski definition) is 4. The lowest BCUT2D eigenvalue weighted by Gasteiger charge is -2.12. The summed E-state index contributed by atoms with van der Waals surface area (Å²) >= 11 is 0. The molecule has 0 bridgehead atoms. The fourth-order valence-electron chi connectivity index (χ4n) is 4.18. The summed E-state index contributed by atoms with van der Waals surface area (Å²) in [7, 11) is 1.65. The van der Waals surface area contributed by atoms with E-state index in [9.17, 15) is 0 Å². The maximum atomic E-state index is 6.15. The van der Waals surface area contributed by atoms with E-state index in [-0.39, 0.29) is 0 Å². The van der Waals surface area contributed by atoms with Gasteiger partial charge in [-0.2, -0.15) is 0 Å². The SMILES string of the molecule is COc1ccc(/C=C/c2cc(OCc3ccccc3)cc(OCc3ccccc3)c2)cc1OCc1ccccc1. The summed E-state index contributed by atoms with van der Waals surface area (Å²) in [6.07, 6.45) is 4.10. The Bertz CT molecular complexity index is 1450. The fraction of sp³-hybridized carbons (Fsp3) is 0.111. The minimum atomic E-state index is 0.466. The van der Waals surface area contributed by atoms with Gasteiger partial charge in [0, 0.05) is 6.07 Å². The van der Waals surface area contributed by atoms with Crippen LogP contribution in [0.1, 0.15) is 27.8 Å². The Labute approximate surface area is 236 Å². The van der Waals surface area contributed by atoms with Crippen LogP contribution in [0.4, 0.5) is 0 Å². The van der Waals surface area contributed by atoms with Crippen molar-refractivity contribution in [1.29, 1.82) is 0 Å². The minimum Gasteiger partial charge on any atom is -0.493 e. The molecule has 0 atom stereocenters. The second kappa shape index (κ2) is 13.7. The predicted molar refractivity (Wildman–Crippen MR) is 161 cm³/mol. The standard InChI is InChI=1S/C36H32O4/c1-37-35-20-19-28(23-36(35)40-27-31-15-9-4-10-16-31)17-18-32-21-33(38-25-29-11-5-2-6-12-29)24-34(22-32)39-26-30-13-7-3-8-14-30/h2-24H,25-27H2,1H3/b18-17+. The van der Waals surface area contributed by atoms with E-state index in [1.807, 2.05) is 115 Å². The van der Waals surface area contributed by atoms with E-state index in [4.69, 9.17) is 18.9 Å². The quantitative estimate of drug-likeness (QED) is 0.152. The summed E-state index contributed by atoms with van der Waals surface area (Å²) in [5.41, 5.74) is 5.27. The minimum absolute atomic E-state index is 0.466. The Hall–Kier alpha value is -4.96. The van der Waals surface area contributed by atoms with E-state index >= 15 is 0 Å². The smallest absolute Gasteiger partial charge is 0.162 e. The Morgan fingerprint density at radius 3 is 1.43 bits per heavy atom. The highest BCUT2D eigenvalue weighted by Gasteiger charge is 2.07. The Morgan fingerprint density at radius 1 is 0.450 bits per heavy atom. The molecule has 0 radical (unpaired) electrons. The molecule has 0 saturated heterocycles. The van der Waals surface area contributed by atoms with Crippen molar-refractivity contribution in [3.05, 3.63) is 155 Å². The first-order valence-corrected chi connectivity index (χ1v) is 13.3. The lowest BCUT2D eigenvalue weighted by atomic mass is 10.1.